The third kappa shape index (κ3) is 4.97. The lowest BCUT2D eigenvalue weighted by Crippen LogP contribution is -2.38. The van der Waals surface area contributed by atoms with Gasteiger partial charge in [0.25, 0.3) is 11.5 Å². The average molecular weight is 385 g/mol. The lowest BCUT2D eigenvalue weighted by Gasteiger charge is -2.20. The van der Waals surface area contributed by atoms with E-state index in [2.05, 4.69) is 5.10 Å². The van der Waals surface area contributed by atoms with Crippen LogP contribution in [0, 0.1) is 0 Å². The van der Waals surface area contributed by atoms with Gasteiger partial charge in [-0.2, -0.15) is 5.10 Å². The smallest absolute Gasteiger partial charge is 0.359 e. The zero-order chi connectivity index (χ0) is 19.9. The highest BCUT2D eigenvalue weighted by molar-refractivity contribution is 5.90. The van der Waals surface area contributed by atoms with Crippen LogP contribution in [0.2, 0.25) is 0 Å². The predicted octanol–water partition coefficient (Wildman–Crippen LogP) is 1.49. The maximum atomic E-state index is 12.3. The van der Waals surface area contributed by atoms with Crippen LogP contribution in [0.5, 0.6) is 5.75 Å². The van der Waals surface area contributed by atoms with Gasteiger partial charge in [-0.15, -0.1) is 0 Å². The Kier molecular flexibility index (Phi) is 6.41. The zero-order valence-corrected chi connectivity index (χ0v) is 15.7. The van der Waals surface area contributed by atoms with Crippen molar-refractivity contribution in [2.45, 2.75) is 32.4 Å². The molecule has 1 atom stereocenters. The lowest BCUT2D eigenvalue weighted by molar-refractivity contribution is -0.138. The summed E-state index contributed by atoms with van der Waals surface area (Å²) >= 11 is 0. The van der Waals surface area contributed by atoms with Crippen LogP contribution in [0.3, 0.4) is 0 Å². The SMILES string of the molecule is CC(OC(=O)c1ccc(=O)n(CCOc2ccccc2)n1)C(=O)N1CCCC1. The Labute approximate surface area is 162 Å². The third-order valence-electron chi connectivity index (χ3n) is 4.44. The Hall–Kier alpha value is -3.16. The number of carbonyl (C=O) groups is 2. The molecule has 1 unspecified atom stereocenters. The van der Waals surface area contributed by atoms with Crippen molar-refractivity contribution in [2.75, 3.05) is 19.7 Å². The van der Waals surface area contributed by atoms with Crippen LogP contribution >= 0.6 is 0 Å². The summed E-state index contributed by atoms with van der Waals surface area (Å²) in [4.78, 5) is 38.3. The lowest BCUT2D eigenvalue weighted by atomic mass is 10.3. The van der Waals surface area contributed by atoms with Gasteiger partial charge in [-0.05, 0) is 38.0 Å². The fourth-order valence-corrected chi connectivity index (χ4v) is 2.95. The molecule has 2 heterocycles. The van der Waals surface area contributed by atoms with E-state index < -0.39 is 12.1 Å². The van der Waals surface area contributed by atoms with Gasteiger partial charge in [0.05, 0.1) is 6.54 Å². The molecule has 148 valence electrons. The second-order valence-corrected chi connectivity index (χ2v) is 6.52. The largest absolute Gasteiger partial charge is 0.492 e. The Balaban J connectivity index is 1.59. The normalized spacial score (nSPS) is 14.5. The van der Waals surface area contributed by atoms with Crippen molar-refractivity contribution in [1.82, 2.24) is 14.7 Å². The highest BCUT2D eigenvalue weighted by Gasteiger charge is 2.26. The molecular weight excluding hydrogens is 362 g/mol. The second kappa shape index (κ2) is 9.16. The van der Waals surface area contributed by atoms with Crippen LogP contribution in [-0.4, -0.2) is 52.4 Å². The second-order valence-electron chi connectivity index (χ2n) is 6.52. The molecule has 1 aromatic heterocycles. The minimum atomic E-state index is -0.894. The molecule has 8 heteroatoms. The summed E-state index contributed by atoms with van der Waals surface area (Å²) in [6.45, 7) is 3.31. The first-order valence-electron chi connectivity index (χ1n) is 9.30. The molecule has 1 saturated heterocycles. The monoisotopic (exact) mass is 385 g/mol. The van der Waals surface area contributed by atoms with E-state index in [0.29, 0.717) is 18.8 Å². The number of amides is 1. The average Bonchev–Trinajstić information content (AvgIpc) is 3.24. The first-order valence-corrected chi connectivity index (χ1v) is 9.30. The Morgan fingerprint density at radius 2 is 1.82 bits per heavy atom. The van der Waals surface area contributed by atoms with E-state index in [1.807, 2.05) is 30.3 Å². The summed E-state index contributed by atoms with van der Waals surface area (Å²) in [5.74, 6) is -0.270. The number of hydrogen-bond donors (Lipinski definition) is 0. The quantitative estimate of drug-likeness (QED) is 0.671. The van der Waals surface area contributed by atoms with Crippen molar-refractivity contribution < 1.29 is 19.1 Å². The number of nitrogens with zero attached hydrogens (tertiary/aromatic N) is 3. The summed E-state index contributed by atoms with van der Waals surface area (Å²) in [6.07, 6.45) is 1.03. The van der Waals surface area contributed by atoms with Crippen molar-refractivity contribution in [1.29, 1.82) is 0 Å². The van der Waals surface area contributed by atoms with E-state index >= 15 is 0 Å². The molecule has 3 rings (SSSR count). The van der Waals surface area contributed by atoms with Gasteiger partial charge in [0.15, 0.2) is 11.8 Å². The van der Waals surface area contributed by atoms with E-state index in [0.717, 1.165) is 17.5 Å². The predicted molar refractivity (Wildman–Crippen MR) is 101 cm³/mol. The van der Waals surface area contributed by atoms with Crippen LogP contribution < -0.4 is 10.3 Å². The molecule has 0 aliphatic carbocycles. The Morgan fingerprint density at radius 1 is 1.11 bits per heavy atom. The van der Waals surface area contributed by atoms with Gasteiger partial charge in [0.2, 0.25) is 0 Å². The summed E-state index contributed by atoms with van der Waals surface area (Å²) < 4.78 is 11.9. The molecule has 0 N–H and O–H groups in total. The number of ether oxygens (including phenoxy) is 2. The Morgan fingerprint density at radius 3 is 2.54 bits per heavy atom. The first kappa shape index (κ1) is 19.6. The van der Waals surface area contributed by atoms with Gasteiger partial charge >= 0.3 is 5.97 Å². The van der Waals surface area contributed by atoms with E-state index in [1.165, 1.54) is 12.1 Å². The highest BCUT2D eigenvalue weighted by atomic mass is 16.5. The van der Waals surface area contributed by atoms with Crippen LogP contribution in [-0.2, 0) is 16.1 Å². The molecule has 0 radical (unpaired) electrons. The maximum Gasteiger partial charge on any atom is 0.359 e. The molecule has 1 fully saturated rings. The van der Waals surface area contributed by atoms with E-state index in [9.17, 15) is 14.4 Å². The van der Waals surface area contributed by atoms with E-state index in [-0.39, 0.29) is 30.3 Å². The third-order valence-corrected chi connectivity index (χ3v) is 4.44. The zero-order valence-electron chi connectivity index (χ0n) is 15.7. The number of aromatic nitrogens is 2. The number of esters is 1. The van der Waals surface area contributed by atoms with Crippen molar-refractivity contribution in [3.05, 3.63) is 58.5 Å². The van der Waals surface area contributed by atoms with E-state index in [1.54, 1.807) is 11.8 Å². The van der Waals surface area contributed by atoms with Gasteiger partial charge < -0.3 is 14.4 Å². The molecule has 0 saturated carbocycles. The number of hydrogen-bond acceptors (Lipinski definition) is 6. The number of carbonyl (C=O) groups excluding carboxylic acids is 2. The molecule has 1 aliphatic rings. The summed E-state index contributed by atoms with van der Waals surface area (Å²) in [6, 6.07) is 11.7. The van der Waals surface area contributed by atoms with Crippen molar-refractivity contribution >= 4 is 11.9 Å². The Bertz CT molecular complexity index is 875. The van der Waals surface area contributed by atoms with Crippen LogP contribution in [0.25, 0.3) is 0 Å². The standard InChI is InChI=1S/C20H23N3O5/c1-15(19(25)22-11-5-6-12-22)28-20(26)17-9-10-18(24)23(21-17)13-14-27-16-7-3-2-4-8-16/h2-4,7-10,15H,5-6,11-14H2,1H3. The van der Waals surface area contributed by atoms with Gasteiger partial charge in [0.1, 0.15) is 12.4 Å². The fraction of sp³-hybridized carbons (Fsp3) is 0.400. The minimum Gasteiger partial charge on any atom is -0.492 e. The molecule has 1 amide bonds. The molecule has 0 bridgehead atoms. The first-order chi connectivity index (χ1) is 13.5. The minimum absolute atomic E-state index is 0.0274. The topological polar surface area (TPSA) is 90.7 Å². The summed E-state index contributed by atoms with van der Waals surface area (Å²) in [7, 11) is 0. The molecule has 1 aliphatic heterocycles. The van der Waals surface area contributed by atoms with Crippen LogP contribution in [0.15, 0.2) is 47.3 Å². The van der Waals surface area contributed by atoms with E-state index in [4.69, 9.17) is 9.47 Å². The summed E-state index contributed by atoms with van der Waals surface area (Å²) in [5, 5.41) is 4.04. The highest BCUT2D eigenvalue weighted by Crippen LogP contribution is 2.11. The molecule has 2 aromatic rings. The number of para-hydroxylation sites is 1. The molecule has 8 nitrogen and oxygen atoms in total. The van der Waals surface area contributed by atoms with Gasteiger partial charge in [-0.3, -0.25) is 9.59 Å². The van der Waals surface area contributed by atoms with Crippen molar-refractivity contribution in [2.24, 2.45) is 0 Å². The number of likely N-dealkylation sites (tertiary alicyclic amines) is 1. The number of benzene rings is 1. The molecule has 28 heavy (non-hydrogen) atoms. The van der Waals surface area contributed by atoms with Gasteiger partial charge in [-0.1, -0.05) is 18.2 Å². The van der Waals surface area contributed by atoms with Crippen molar-refractivity contribution in [3.8, 4) is 5.75 Å². The maximum absolute atomic E-state index is 12.3. The number of rotatable bonds is 7. The van der Waals surface area contributed by atoms with Crippen molar-refractivity contribution in [3.63, 3.8) is 0 Å². The van der Waals surface area contributed by atoms with Crippen LogP contribution in [0.1, 0.15) is 30.3 Å². The fourth-order valence-electron chi connectivity index (χ4n) is 2.95. The summed E-state index contributed by atoms with van der Waals surface area (Å²) in [5.41, 5.74) is -0.380. The van der Waals surface area contributed by atoms with Gasteiger partial charge in [-0.25, -0.2) is 9.48 Å². The molecule has 0 spiro atoms. The van der Waals surface area contributed by atoms with Crippen LogP contribution in [0.4, 0.5) is 0 Å². The molecular formula is C20H23N3O5. The molecule has 1 aromatic carbocycles. The van der Waals surface area contributed by atoms with Gasteiger partial charge in [0, 0.05) is 19.2 Å².